The monoisotopic (exact) mass is 229 g/mol. The number of carbonyl (C=O) groups is 1. The summed E-state index contributed by atoms with van der Waals surface area (Å²) in [6.07, 6.45) is 1.78. The predicted molar refractivity (Wildman–Crippen MR) is 68.0 cm³/mol. The van der Waals surface area contributed by atoms with Crippen molar-refractivity contribution in [1.29, 1.82) is 0 Å². The van der Waals surface area contributed by atoms with E-state index in [0.29, 0.717) is 6.54 Å². The molecule has 0 aromatic heterocycles. The van der Waals surface area contributed by atoms with Gasteiger partial charge < -0.3 is 11.5 Å². The molecule has 0 saturated carbocycles. The first kappa shape index (κ1) is 15.4. The number of hydrogen-bond acceptors (Lipinski definition) is 3. The molecular weight excluding hydrogens is 202 g/mol. The van der Waals surface area contributed by atoms with Gasteiger partial charge >= 0.3 is 0 Å². The molecule has 0 aliphatic carbocycles. The van der Waals surface area contributed by atoms with E-state index in [9.17, 15) is 4.79 Å². The number of nitrogens with two attached hydrogens (primary N) is 2. The molecule has 0 aliphatic rings. The molecule has 4 nitrogen and oxygen atoms in total. The third-order valence-electron chi connectivity index (χ3n) is 2.85. The summed E-state index contributed by atoms with van der Waals surface area (Å²) < 4.78 is 0. The second-order valence-electron chi connectivity index (χ2n) is 5.17. The van der Waals surface area contributed by atoms with Crippen LogP contribution in [0.5, 0.6) is 0 Å². The lowest BCUT2D eigenvalue weighted by Crippen LogP contribution is -2.49. The van der Waals surface area contributed by atoms with E-state index in [0.717, 1.165) is 25.9 Å². The smallest absolute Gasteiger partial charge is 0.234 e. The van der Waals surface area contributed by atoms with Crippen molar-refractivity contribution in [3.8, 4) is 0 Å². The van der Waals surface area contributed by atoms with Crippen molar-refractivity contribution in [3.63, 3.8) is 0 Å². The van der Waals surface area contributed by atoms with Crippen molar-refractivity contribution in [2.24, 2.45) is 16.9 Å². The summed E-state index contributed by atoms with van der Waals surface area (Å²) in [6.45, 7) is 10.7. The molecule has 0 aliphatic heterocycles. The second kappa shape index (κ2) is 6.86. The van der Waals surface area contributed by atoms with Gasteiger partial charge in [-0.1, -0.05) is 27.7 Å². The molecule has 0 saturated heterocycles. The molecule has 4 N–H and O–H groups in total. The summed E-state index contributed by atoms with van der Waals surface area (Å²) in [6, 6.07) is -0.161. The second-order valence-corrected chi connectivity index (χ2v) is 5.17. The normalized spacial score (nSPS) is 14.1. The topological polar surface area (TPSA) is 72.3 Å². The molecule has 0 heterocycles. The molecule has 0 rings (SSSR count). The Kier molecular flexibility index (Phi) is 6.60. The SMILES string of the molecule is CCCN(CC(C)(C)CN)C(CC)C(N)=O. The van der Waals surface area contributed by atoms with Crippen molar-refractivity contribution in [1.82, 2.24) is 4.90 Å². The Balaban J connectivity index is 4.64. The lowest BCUT2D eigenvalue weighted by Gasteiger charge is -2.35. The van der Waals surface area contributed by atoms with Crippen LogP contribution in [0.1, 0.15) is 40.5 Å². The van der Waals surface area contributed by atoms with Crippen LogP contribution in [0.2, 0.25) is 0 Å². The van der Waals surface area contributed by atoms with Crippen LogP contribution in [-0.2, 0) is 4.79 Å². The van der Waals surface area contributed by atoms with E-state index in [1.165, 1.54) is 0 Å². The Hall–Kier alpha value is -0.610. The molecule has 1 amide bonds. The van der Waals surface area contributed by atoms with Gasteiger partial charge in [0.15, 0.2) is 0 Å². The average Bonchev–Trinajstić information content (AvgIpc) is 2.18. The average molecular weight is 229 g/mol. The number of nitrogens with zero attached hydrogens (tertiary/aromatic N) is 1. The quantitative estimate of drug-likeness (QED) is 0.651. The van der Waals surface area contributed by atoms with Crippen molar-refractivity contribution in [3.05, 3.63) is 0 Å². The van der Waals surface area contributed by atoms with Gasteiger partial charge in [0.05, 0.1) is 6.04 Å². The molecule has 0 bridgehead atoms. The van der Waals surface area contributed by atoms with E-state index < -0.39 is 0 Å². The number of carbonyl (C=O) groups excluding carboxylic acids is 1. The van der Waals surface area contributed by atoms with Crippen LogP contribution in [0.25, 0.3) is 0 Å². The van der Waals surface area contributed by atoms with Gasteiger partial charge in [-0.05, 0) is 31.3 Å². The zero-order valence-corrected chi connectivity index (χ0v) is 11.1. The maximum Gasteiger partial charge on any atom is 0.234 e. The maximum absolute atomic E-state index is 11.4. The van der Waals surface area contributed by atoms with Gasteiger partial charge in [0.25, 0.3) is 0 Å². The third-order valence-corrected chi connectivity index (χ3v) is 2.85. The van der Waals surface area contributed by atoms with Crippen molar-refractivity contribution in [2.75, 3.05) is 19.6 Å². The van der Waals surface area contributed by atoms with E-state index in [-0.39, 0.29) is 17.4 Å². The van der Waals surface area contributed by atoms with Gasteiger partial charge in [0, 0.05) is 6.54 Å². The Morgan fingerprint density at radius 1 is 1.38 bits per heavy atom. The number of hydrogen-bond donors (Lipinski definition) is 2. The lowest BCUT2D eigenvalue weighted by molar-refractivity contribution is -0.123. The van der Waals surface area contributed by atoms with Crippen LogP contribution in [0, 0.1) is 5.41 Å². The van der Waals surface area contributed by atoms with Crippen molar-refractivity contribution < 1.29 is 4.79 Å². The summed E-state index contributed by atoms with van der Waals surface area (Å²) >= 11 is 0. The van der Waals surface area contributed by atoms with Crippen molar-refractivity contribution >= 4 is 5.91 Å². The van der Waals surface area contributed by atoms with E-state index in [4.69, 9.17) is 11.5 Å². The van der Waals surface area contributed by atoms with Gasteiger partial charge in [-0.3, -0.25) is 9.69 Å². The molecule has 4 heteroatoms. The standard InChI is InChI=1S/C12H27N3O/c1-5-7-15(9-12(3,4)8-13)10(6-2)11(14)16/h10H,5-9,13H2,1-4H3,(H2,14,16). The highest BCUT2D eigenvalue weighted by molar-refractivity contribution is 5.79. The molecule has 0 aromatic carbocycles. The molecule has 1 unspecified atom stereocenters. The molecule has 0 radical (unpaired) electrons. The highest BCUT2D eigenvalue weighted by Crippen LogP contribution is 2.18. The Morgan fingerprint density at radius 2 is 1.94 bits per heavy atom. The molecule has 96 valence electrons. The largest absolute Gasteiger partial charge is 0.368 e. The molecule has 0 fully saturated rings. The minimum Gasteiger partial charge on any atom is -0.368 e. The van der Waals surface area contributed by atoms with Crippen LogP contribution in [0.4, 0.5) is 0 Å². The fourth-order valence-electron chi connectivity index (χ4n) is 1.89. The van der Waals surface area contributed by atoms with Gasteiger partial charge in [0.2, 0.25) is 5.91 Å². The van der Waals surface area contributed by atoms with Gasteiger partial charge in [0.1, 0.15) is 0 Å². The van der Waals surface area contributed by atoms with Gasteiger partial charge in [-0.15, -0.1) is 0 Å². The zero-order valence-electron chi connectivity index (χ0n) is 11.1. The fourth-order valence-corrected chi connectivity index (χ4v) is 1.89. The molecule has 16 heavy (non-hydrogen) atoms. The van der Waals surface area contributed by atoms with Crippen LogP contribution in [0.15, 0.2) is 0 Å². The summed E-state index contributed by atoms with van der Waals surface area (Å²) in [4.78, 5) is 13.5. The minimum absolute atomic E-state index is 0.0258. The van der Waals surface area contributed by atoms with Crippen LogP contribution in [0.3, 0.4) is 0 Å². The Bertz CT molecular complexity index is 216. The number of primary amides is 1. The first-order valence-electron chi connectivity index (χ1n) is 6.11. The Morgan fingerprint density at radius 3 is 2.25 bits per heavy atom. The molecule has 1 atom stereocenters. The third kappa shape index (κ3) is 4.94. The summed E-state index contributed by atoms with van der Waals surface area (Å²) in [5.74, 6) is -0.233. The highest BCUT2D eigenvalue weighted by Gasteiger charge is 2.27. The minimum atomic E-state index is -0.233. The maximum atomic E-state index is 11.4. The summed E-state index contributed by atoms with van der Waals surface area (Å²) in [5, 5.41) is 0. The molecule has 0 aromatic rings. The van der Waals surface area contributed by atoms with E-state index >= 15 is 0 Å². The lowest BCUT2D eigenvalue weighted by atomic mass is 9.92. The Labute approximate surface area is 99.4 Å². The first-order valence-corrected chi connectivity index (χ1v) is 6.11. The van der Waals surface area contributed by atoms with E-state index in [1.807, 2.05) is 6.92 Å². The first-order chi connectivity index (χ1) is 7.37. The van der Waals surface area contributed by atoms with E-state index in [1.54, 1.807) is 0 Å². The van der Waals surface area contributed by atoms with Gasteiger partial charge in [-0.25, -0.2) is 0 Å². The van der Waals surface area contributed by atoms with Crippen LogP contribution < -0.4 is 11.5 Å². The van der Waals surface area contributed by atoms with Crippen LogP contribution in [-0.4, -0.2) is 36.5 Å². The zero-order chi connectivity index (χ0) is 12.8. The molecule has 0 spiro atoms. The number of amides is 1. The van der Waals surface area contributed by atoms with E-state index in [2.05, 4.69) is 25.7 Å². The predicted octanol–water partition coefficient (Wildman–Crippen LogP) is 0.947. The van der Waals surface area contributed by atoms with Crippen LogP contribution >= 0.6 is 0 Å². The summed E-state index contributed by atoms with van der Waals surface area (Å²) in [7, 11) is 0. The van der Waals surface area contributed by atoms with Crippen molar-refractivity contribution in [2.45, 2.75) is 46.6 Å². The number of rotatable bonds is 8. The highest BCUT2D eigenvalue weighted by atomic mass is 16.1. The summed E-state index contributed by atoms with van der Waals surface area (Å²) in [5.41, 5.74) is 11.2. The fraction of sp³-hybridized carbons (Fsp3) is 0.917. The molecular formula is C12H27N3O. The van der Waals surface area contributed by atoms with Gasteiger partial charge in [-0.2, -0.15) is 0 Å².